The first kappa shape index (κ1) is 16.4. The molecule has 1 N–H and O–H groups in total. The van der Waals surface area contributed by atoms with Crippen LogP contribution in [0.3, 0.4) is 0 Å². The van der Waals surface area contributed by atoms with Crippen LogP contribution in [0.25, 0.3) is 0 Å². The molecule has 1 saturated carbocycles. The molecule has 0 bridgehead atoms. The van der Waals surface area contributed by atoms with E-state index in [4.69, 9.17) is 23.2 Å². The predicted octanol–water partition coefficient (Wildman–Crippen LogP) is 3.34. The van der Waals surface area contributed by atoms with Gasteiger partial charge in [-0.05, 0) is 24.7 Å². The van der Waals surface area contributed by atoms with Gasteiger partial charge in [0.2, 0.25) is 10.0 Å². The van der Waals surface area contributed by atoms with Gasteiger partial charge in [-0.2, -0.15) is 11.8 Å². The van der Waals surface area contributed by atoms with Crippen molar-refractivity contribution in [2.45, 2.75) is 42.4 Å². The molecule has 2 unspecified atom stereocenters. The van der Waals surface area contributed by atoms with Crippen molar-refractivity contribution in [3.63, 3.8) is 0 Å². The number of aromatic nitrogens is 1. The molecule has 1 aliphatic carbocycles. The monoisotopic (exact) mass is 354 g/mol. The number of halogens is 2. The largest absolute Gasteiger partial charge is 0.242 e. The molecule has 0 amide bonds. The van der Waals surface area contributed by atoms with Crippen molar-refractivity contribution in [1.82, 2.24) is 9.71 Å². The Morgan fingerprint density at radius 2 is 2.20 bits per heavy atom. The van der Waals surface area contributed by atoms with Crippen LogP contribution in [0.1, 0.15) is 26.2 Å². The van der Waals surface area contributed by atoms with Crippen LogP contribution in [-0.2, 0) is 10.0 Å². The van der Waals surface area contributed by atoms with Crippen LogP contribution in [-0.4, -0.2) is 30.4 Å². The molecule has 20 heavy (non-hydrogen) atoms. The van der Waals surface area contributed by atoms with Crippen LogP contribution in [0.4, 0.5) is 0 Å². The zero-order chi connectivity index (χ0) is 14.8. The maximum absolute atomic E-state index is 12.3. The molecular weight excluding hydrogens is 339 g/mol. The van der Waals surface area contributed by atoms with E-state index in [-0.39, 0.29) is 21.1 Å². The third kappa shape index (κ3) is 3.80. The smallest absolute Gasteiger partial charge is 0.242 e. The minimum absolute atomic E-state index is 0.0283. The Morgan fingerprint density at radius 3 is 2.85 bits per heavy atom. The minimum Gasteiger partial charge on any atom is -0.242 e. The fourth-order valence-corrected chi connectivity index (χ4v) is 5.19. The number of pyridine rings is 1. The Kier molecular flexibility index (Phi) is 5.59. The molecule has 8 heteroatoms. The first-order chi connectivity index (χ1) is 9.44. The van der Waals surface area contributed by atoms with Gasteiger partial charge in [-0.1, -0.05) is 36.5 Å². The van der Waals surface area contributed by atoms with Crippen LogP contribution in [0, 0.1) is 0 Å². The van der Waals surface area contributed by atoms with Crippen LogP contribution in [0.15, 0.2) is 17.2 Å². The van der Waals surface area contributed by atoms with Crippen molar-refractivity contribution in [2.75, 3.05) is 5.75 Å². The summed E-state index contributed by atoms with van der Waals surface area (Å²) in [5.74, 6) is 0.983. The molecule has 0 spiro atoms. The van der Waals surface area contributed by atoms with Crippen molar-refractivity contribution in [2.24, 2.45) is 0 Å². The summed E-state index contributed by atoms with van der Waals surface area (Å²) < 4.78 is 27.4. The van der Waals surface area contributed by atoms with E-state index < -0.39 is 10.0 Å². The second-order valence-electron chi connectivity index (χ2n) is 4.60. The highest BCUT2D eigenvalue weighted by molar-refractivity contribution is 8.00. The molecule has 0 radical (unpaired) electrons. The Balaban J connectivity index is 2.16. The quantitative estimate of drug-likeness (QED) is 0.823. The lowest BCUT2D eigenvalue weighted by Gasteiger charge is -2.20. The Morgan fingerprint density at radius 1 is 1.45 bits per heavy atom. The second kappa shape index (κ2) is 6.83. The average Bonchev–Trinajstić information content (AvgIpc) is 2.80. The van der Waals surface area contributed by atoms with Gasteiger partial charge < -0.3 is 0 Å². The SMILES string of the molecule is CCSC1CCCC1NS(=O)(=O)c1cnc(Cl)c(Cl)c1. The zero-order valence-corrected chi connectivity index (χ0v) is 14.1. The zero-order valence-electron chi connectivity index (χ0n) is 11.0. The summed E-state index contributed by atoms with van der Waals surface area (Å²) in [7, 11) is -3.60. The van der Waals surface area contributed by atoms with E-state index in [0.717, 1.165) is 25.0 Å². The van der Waals surface area contributed by atoms with Crippen molar-refractivity contribution in [3.8, 4) is 0 Å². The molecule has 1 aromatic rings. The summed E-state index contributed by atoms with van der Waals surface area (Å²) in [6, 6.07) is 1.30. The molecule has 0 aliphatic heterocycles. The highest BCUT2D eigenvalue weighted by Gasteiger charge is 2.31. The highest BCUT2D eigenvalue weighted by Crippen LogP contribution is 2.31. The fraction of sp³-hybridized carbons (Fsp3) is 0.583. The maximum atomic E-state index is 12.3. The number of nitrogens with zero attached hydrogens (tertiary/aromatic N) is 1. The van der Waals surface area contributed by atoms with Crippen molar-refractivity contribution >= 4 is 45.0 Å². The lowest BCUT2D eigenvalue weighted by atomic mass is 10.3. The van der Waals surface area contributed by atoms with E-state index >= 15 is 0 Å². The highest BCUT2D eigenvalue weighted by atomic mass is 35.5. The van der Waals surface area contributed by atoms with Gasteiger partial charge in [0.25, 0.3) is 0 Å². The number of thioether (sulfide) groups is 1. The van der Waals surface area contributed by atoms with Crippen molar-refractivity contribution in [1.29, 1.82) is 0 Å². The lowest BCUT2D eigenvalue weighted by Crippen LogP contribution is -2.38. The second-order valence-corrected chi connectivity index (χ2v) is 8.59. The summed E-state index contributed by atoms with van der Waals surface area (Å²) in [6.07, 6.45) is 4.19. The topological polar surface area (TPSA) is 59.1 Å². The summed E-state index contributed by atoms with van der Waals surface area (Å²) in [5.41, 5.74) is 0. The number of hydrogen-bond acceptors (Lipinski definition) is 4. The van der Waals surface area contributed by atoms with Gasteiger partial charge >= 0.3 is 0 Å². The number of sulfonamides is 1. The van der Waals surface area contributed by atoms with E-state index in [1.54, 1.807) is 11.8 Å². The first-order valence-corrected chi connectivity index (χ1v) is 9.68. The molecule has 1 fully saturated rings. The molecule has 1 aliphatic rings. The molecule has 0 aromatic carbocycles. The van der Waals surface area contributed by atoms with Gasteiger partial charge in [0, 0.05) is 17.5 Å². The first-order valence-electron chi connectivity index (χ1n) is 6.39. The van der Waals surface area contributed by atoms with E-state index in [0.29, 0.717) is 5.25 Å². The summed E-state index contributed by atoms with van der Waals surface area (Å²) in [4.78, 5) is 3.84. The normalized spacial score (nSPS) is 23.1. The number of hydrogen-bond donors (Lipinski definition) is 1. The lowest BCUT2D eigenvalue weighted by molar-refractivity contribution is 0.555. The summed E-state index contributed by atoms with van der Waals surface area (Å²) >= 11 is 13.3. The van der Waals surface area contributed by atoms with Gasteiger partial charge in [-0.15, -0.1) is 0 Å². The van der Waals surface area contributed by atoms with Gasteiger partial charge in [-0.3, -0.25) is 0 Å². The van der Waals surface area contributed by atoms with E-state index in [9.17, 15) is 8.42 Å². The molecule has 112 valence electrons. The van der Waals surface area contributed by atoms with Crippen LogP contribution in [0.5, 0.6) is 0 Å². The number of rotatable bonds is 5. The third-order valence-electron chi connectivity index (χ3n) is 3.22. The predicted molar refractivity (Wildman–Crippen MR) is 84.1 cm³/mol. The van der Waals surface area contributed by atoms with Gasteiger partial charge in [-0.25, -0.2) is 18.1 Å². The fourth-order valence-electron chi connectivity index (χ4n) is 2.29. The molecular formula is C12H16Cl2N2O2S2. The summed E-state index contributed by atoms with van der Waals surface area (Å²) in [6.45, 7) is 2.08. The van der Waals surface area contributed by atoms with Gasteiger partial charge in [0.05, 0.1) is 5.02 Å². The third-order valence-corrected chi connectivity index (χ3v) is 6.69. The van der Waals surface area contributed by atoms with Crippen LogP contribution < -0.4 is 4.72 Å². The van der Waals surface area contributed by atoms with Crippen molar-refractivity contribution < 1.29 is 8.42 Å². The Labute approximate surface area is 133 Å². The summed E-state index contributed by atoms with van der Waals surface area (Å²) in [5, 5.41) is 0.580. The maximum Gasteiger partial charge on any atom is 0.242 e. The molecule has 0 saturated heterocycles. The Bertz CT molecular complexity index is 581. The molecule has 1 aromatic heterocycles. The molecule has 4 nitrogen and oxygen atoms in total. The van der Waals surface area contributed by atoms with E-state index in [2.05, 4.69) is 16.6 Å². The van der Waals surface area contributed by atoms with Gasteiger partial charge in [0.1, 0.15) is 10.0 Å². The molecule has 2 atom stereocenters. The number of nitrogens with one attached hydrogen (secondary N) is 1. The standard InChI is InChI=1S/C12H16Cl2N2O2S2/c1-2-19-11-5-3-4-10(11)16-20(17,18)8-6-9(13)12(14)15-7-8/h6-7,10-11,16H,2-5H2,1H3. The van der Waals surface area contributed by atoms with Crippen molar-refractivity contribution in [3.05, 3.63) is 22.4 Å². The average molecular weight is 355 g/mol. The molecule has 1 heterocycles. The Hall–Kier alpha value is -0.0100. The van der Waals surface area contributed by atoms with E-state index in [1.165, 1.54) is 12.3 Å². The van der Waals surface area contributed by atoms with Crippen LogP contribution >= 0.6 is 35.0 Å². The molecule has 2 rings (SSSR count). The van der Waals surface area contributed by atoms with Gasteiger partial charge in [0.15, 0.2) is 0 Å². The van der Waals surface area contributed by atoms with E-state index in [1.807, 2.05) is 0 Å². The van der Waals surface area contributed by atoms with Crippen LogP contribution in [0.2, 0.25) is 10.2 Å². The minimum atomic E-state index is -3.60.